The monoisotopic (exact) mass is 282 g/mol. The molecule has 2 amide bonds. The van der Waals surface area contributed by atoms with Gasteiger partial charge in [-0.1, -0.05) is 0 Å². The molecule has 1 fully saturated rings. The second-order valence-corrected chi connectivity index (χ2v) is 4.90. The van der Waals surface area contributed by atoms with E-state index < -0.39 is 18.0 Å². The Hall–Kier alpha value is -2.09. The highest BCUT2D eigenvalue weighted by atomic mass is 16.4. The Morgan fingerprint density at radius 2 is 2.40 bits per heavy atom. The molecule has 1 unspecified atom stereocenters. The van der Waals surface area contributed by atoms with Crippen LogP contribution in [0.1, 0.15) is 12.1 Å². The number of imidazole rings is 1. The van der Waals surface area contributed by atoms with Crippen LogP contribution in [0.15, 0.2) is 12.5 Å². The van der Waals surface area contributed by atoms with Gasteiger partial charge in [-0.3, -0.25) is 0 Å². The summed E-state index contributed by atoms with van der Waals surface area (Å²) in [6.45, 7) is 1.03. The first-order valence-corrected chi connectivity index (χ1v) is 6.46. The first-order valence-electron chi connectivity index (χ1n) is 6.46. The SMILES string of the molecule is O=C(O)[C@@H](Cc1cnc[nH]1)NC(=O)N1CCC(CO)C1. The minimum Gasteiger partial charge on any atom is -0.480 e. The van der Waals surface area contributed by atoms with Crippen molar-refractivity contribution >= 4 is 12.0 Å². The lowest BCUT2D eigenvalue weighted by molar-refractivity contribution is -0.139. The molecule has 2 rings (SSSR count). The summed E-state index contributed by atoms with van der Waals surface area (Å²) < 4.78 is 0. The van der Waals surface area contributed by atoms with Gasteiger partial charge in [-0.25, -0.2) is 14.6 Å². The van der Waals surface area contributed by atoms with E-state index in [1.165, 1.54) is 17.4 Å². The highest BCUT2D eigenvalue weighted by molar-refractivity contribution is 5.82. The Kier molecular flexibility index (Phi) is 4.57. The van der Waals surface area contributed by atoms with E-state index in [1.54, 1.807) is 0 Å². The summed E-state index contributed by atoms with van der Waals surface area (Å²) in [5.74, 6) is -1.01. The summed E-state index contributed by atoms with van der Waals surface area (Å²) >= 11 is 0. The summed E-state index contributed by atoms with van der Waals surface area (Å²) in [6, 6.07) is -1.41. The smallest absolute Gasteiger partial charge is 0.326 e. The number of aliphatic carboxylic acids is 1. The molecule has 1 aromatic rings. The van der Waals surface area contributed by atoms with Crippen molar-refractivity contribution in [2.24, 2.45) is 5.92 Å². The van der Waals surface area contributed by atoms with Gasteiger partial charge in [-0.2, -0.15) is 0 Å². The number of aromatic nitrogens is 2. The van der Waals surface area contributed by atoms with Crippen molar-refractivity contribution in [2.45, 2.75) is 18.9 Å². The largest absolute Gasteiger partial charge is 0.480 e. The number of carboxylic acid groups (broad SMARTS) is 1. The number of carbonyl (C=O) groups excluding carboxylic acids is 1. The fourth-order valence-electron chi connectivity index (χ4n) is 2.22. The van der Waals surface area contributed by atoms with Crippen LogP contribution in [0.2, 0.25) is 0 Å². The second kappa shape index (κ2) is 6.38. The number of rotatable bonds is 5. The zero-order valence-corrected chi connectivity index (χ0v) is 11.0. The minimum absolute atomic E-state index is 0.0419. The summed E-state index contributed by atoms with van der Waals surface area (Å²) in [7, 11) is 0. The maximum Gasteiger partial charge on any atom is 0.326 e. The standard InChI is InChI=1S/C12H18N4O4/c17-6-8-1-2-16(5-8)12(20)15-10(11(18)19)3-9-4-13-7-14-9/h4,7-8,10,17H,1-3,5-6H2,(H,13,14)(H,15,20)(H,18,19)/t8?,10-/m1/s1. The predicted octanol–water partition coefficient (Wildman–Crippen LogP) is -0.571. The summed E-state index contributed by atoms with van der Waals surface area (Å²) in [5, 5.41) is 20.7. The predicted molar refractivity (Wildman–Crippen MR) is 69.0 cm³/mol. The lowest BCUT2D eigenvalue weighted by Gasteiger charge is -2.20. The molecule has 0 saturated carbocycles. The van der Waals surface area contributed by atoms with Crippen LogP contribution >= 0.6 is 0 Å². The number of H-pyrrole nitrogens is 1. The van der Waals surface area contributed by atoms with Crippen LogP contribution < -0.4 is 5.32 Å². The number of nitrogens with one attached hydrogen (secondary N) is 2. The number of hydrogen-bond donors (Lipinski definition) is 4. The van der Waals surface area contributed by atoms with E-state index in [2.05, 4.69) is 15.3 Å². The van der Waals surface area contributed by atoms with Gasteiger partial charge in [0.05, 0.1) is 6.33 Å². The van der Waals surface area contributed by atoms with E-state index in [-0.39, 0.29) is 18.9 Å². The molecule has 2 atom stereocenters. The third-order valence-electron chi connectivity index (χ3n) is 3.41. The van der Waals surface area contributed by atoms with E-state index in [0.717, 1.165) is 6.42 Å². The summed E-state index contributed by atoms with van der Waals surface area (Å²) in [5.41, 5.74) is 0.646. The van der Waals surface area contributed by atoms with E-state index in [1.807, 2.05) is 0 Å². The van der Waals surface area contributed by atoms with E-state index >= 15 is 0 Å². The van der Waals surface area contributed by atoms with Gasteiger partial charge < -0.3 is 25.4 Å². The topological polar surface area (TPSA) is 119 Å². The normalized spacial score (nSPS) is 19.9. The molecular formula is C12H18N4O4. The van der Waals surface area contributed by atoms with Crippen molar-refractivity contribution in [3.8, 4) is 0 Å². The number of carbonyl (C=O) groups is 2. The van der Waals surface area contributed by atoms with Gasteiger partial charge in [0.2, 0.25) is 0 Å². The molecule has 1 aliphatic rings. The van der Waals surface area contributed by atoms with Gasteiger partial charge in [0, 0.05) is 43.9 Å². The fraction of sp³-hybridized carbons (Fsp3) is 0.583. The first kappa shape index (κ1) is 14.3. The van der Waals surface area contributed by atoms with E-state index in [0.29, 0.717) is 18.8 Å². The molecule has 8 heteroatoms. The molecule has 0 aliphatic carbocycles. The maximum atomic E-state index is 12.0. The molecule has 1 saturated heterocycles. The third-order valence-corrected chi connectivity index (χ3v) is 3.41. The van der Waals surface area contributed by atoms with Crippen LogP contribution in [-0.2, 0) is 11.2 Å². The molecule has 110 valence electrons. The van der Waals surface area contributed by atoms with Crippen molar-refractivity contribution in [1.82, 2.24) is 20.2 Å². The van der Waals surface area contributed by atoms with Crippen LogP contribution in [0.3, 0.4) is 0 Å². The highest BCUT2D eigenvalue weighted by Crippen LogP contribution is 2.15. The number of nitrogens with zero attached hydrogens (tertiary/aromatic N) is 2. The van der Waals surface area contributed by atoms with Crippen molar-refractivity contribution in [2.75, 3.05) is 19.7 Å². The molecule has 2 heterocycles. The zero-order valence-electron chi connectivity index (χ0n) is 11.0. The van der Waals surface area contributed by atoms with E-state index in [4.69, 9.17) is 10.2 Å². The van der Waals surface area contributed by atoms with Crippen LogP contribution in [0.25, 0.3) is 0 Å². The summed E-state index contributed by atoms with van der Waals surface area (Å²) in [4.78, 5) is 31.3. The Labute approximate surface area is 115 Å². The van der Waals surface area contributed by atoms with Crippen LogP contribution in [-0.4, -0.2) is 62.8 Å². The van der Waals surface area contributed by atoms with Crippen LogP contribution in [0, 0.1) is 5.92 Å². The van der Waals surface area contributed by atoms with Gasteiger partial charge in [0.25, 0.3) is 0 Å². The molecule has 0 radical (unpaired) electrons. The van der Waals surface area contributed by atoms with Crippen molar-refractivity contribution in [3.05, 3.63) is 18.2 Å². The van der Waals surface area contributed by atoms with Crippen molar-refractivity contribution in [3.63, 3.8) is 0 Å². The van der Waals surface area contributed by atoms with Crippen molar-refractivity contribution in [1.29, 1.82) is 0 Å². The zero-order chi connectivity index (χ0) is 14.5. The highest BCUT2D eigenvalue weighted by Gasteiger charge is 2.29. The molecule has 0 bridgehead atoms. The molecule has 0 spiro atoms. The van der Waals surface area contributed by atoms with Gasteiger partial charge in [0.1, 0.15) is 6.04 Å². The molecule has 0 aromatic carbocycles. The minimum atomic E-state index is -1.09. The van der Waals surface area contributed by atoms with Crippen LogP contribution in [0.4, 0.5) is 4.79 Å². The Balaban J connectivity index is 1.91. The number of urea groups is 1. The average molecular weight is 282 g/mol. The molecule has 8 nitrogen and oxygen atoms in total. The number of aliphatic hydroxyl groups excluding tert-OH is 1. The molecule has 1 aromatic heterocycles. The molecular weight excluding hydrogens is 264 g/mol. The molecule has 4 N–H and O–H groups in total. The second-order valence-electron chi connectivity index (χ2n) is 4.90. The number of amides is 2. The van der Waals surface area contributed by atoms with Gasteiger partial charge >= 0.3 is 12.0 Å². The lowest BCUT2D eigenvalue weighted by Crippen LogP contribution is -2.48. The average Bonchev–Trinajstić information content (AvgIpc) is 3.08. The fourth-order valence-corrected chi connectivity index (χ4v) is 2.22. The van der Waals surface area contributed by atoms with Crippen LogP contribution in [0.5, 0.6) is 0 Å². The summed E-state index contributed by atoms with van der Waals surface area (Å²) in [6.07, 6.45) is 3.88. The maximum absolute atomic E-state index is 12.0. The van der Waals surface area contributed by atoms with E-state index in [9.17, 15) is 9.59 Å². The number of aromatic amines is 1. The number of likely N-dealkylation sites (tertiary alicyclic amines) is 1. The third kappa shape index (κ3) is 3.47. The molecule has 20 heavy (non-hydrogen) atoms. The van der Waals surface area contributed by atoms with Crippen molar-refractivity contribution < 1.29 is 19.8 Å². The van der Waals surface area contributed by atoms with Gasteiger partial charge in [0.15, 0.2) is 0 Å². The molecule has 1 aliphatic heterocycles. The first-order chi connectivity index (χ1) is 9.60. The lowest BCUT2D eigenvalue weighted by atomic mass is 10.1. The van der Waals surface area contributed by atoms with Gasteiger partial charge in [-0.05, 0) is 6.42 Å². The Morgan fingerprint density at radius 3 is 2.95 bits per heavy atom. The Bertz CT molecular complexity index is 462. The quantitative estimate of drug-likeness (QED) is 0.576. The number of hydrogen-bond acceptors (Lipinski definition) is 4. The Morgan fingerprint density at radius 1 is 1.60 bits per heavy atom. The van der Waals surface area contributed by atoms with Gasteiger partial charge in [-0.15, -0.1) is 0 Å². The number of carboxylic acids is 1. The number of aliphatic hydroxyl groups is 1.